The van der Waals surface area contributed by atoms with Crippen molar-refractivity contribution in [2.75, 3.05) is 0 Å². The van der Waals surface area contributed by atoms with Gasteiger partial charge in [0, 0.05) is 22.7 Å². The second-order valence-corrected chi connectivity index (χ2v) is 4.94. The van der Waals surface area contributed by atoms with Crippen molar-refractivity contribution in [1.82, 2.24) is 10.3 Å². The fourth-order valence-electron chi connectivity index (χ4n) is 2.49. The normalized spacial score (nSPS) is 16.8. The Hall–Kier alpha value is -2.30. The number of carboxylic acid groups (broad SMARTS) is 1. The van der Waals surface area contributed by atoms with E-state index in [1.165, 1.54) is 0 Å². The van der Waals surface area contributed by atoms with Crippen LogP contribution < -0.4 is 5.32 Å². The molecule has 3 rings (SSSR count). The lowest BCUT2D eigenvalue weighted by Gasteiger charge is -2.38. The summed E-state index contributed by atoms with van der Waals surface area (Å²) in [5.41, 5.74) is 0.298. The van der Waals surface area contributed by atoms with Crippen molar-refractivity contribution in [3.05, 3.63) is 36.0 Å². The van der Waals surface area contributed by atoms with Gasteiger partial charge in [0.1, 0.15) is 5.54 Å². The van der Waals surface area contributed by atoms with Gasteiger partial charge in [-0.1, -0.05) is 6.07 Å². The third-order valence-electron chi connectivity index (χ3n) is 3.81. The number of benzene rings is 1. The molecule has 1 amide bonds. The third kappa shape index (κ3) is 1.78. The summed E-state index contributed by atoms with van der Waals surface area (Å²) in [5.74, 6) is -1.28. The number of fused-ring (bicyclic) bond motifs is 1. The molecule has 19 heavy (non-hydrogen) atoms. The highest BCUT2D eigenvalue weighted by Gasteiger charge is 2.45. The lowest BCUT2D eigenvalue weighted by Crippen LogP contribution is -2.59. The van der Waals surface area contributed by atoms with E-state index in [4.69, 9.17) is 0 Å². The van der Waals surface area contributed by atoms with E-state index in [2.05, 4.69) is 10.3 Å². The molecule has 0 aliphatic heterocycles. The molecule has 5 heteroatoms. The van der Waals surface area contributed by atoms with E-state index in [0.717, 1.165) is 17.3 Å². The maximum Gasteiger partial charge on any atom is 0.329 e. The highest BCUT2D eigenvalue weighted by atomic mass is 16.4. The molecule has 2 aromatic rings. The van der Waals surface area contributed by atoms with Crippen molar-refractivity contribution in [2.24, 2.45) is 0 Å². The smallest absolute Gasteiger partial charge is 0.329 e. The van der Waals surface area contributed by atoms with Crippen LogP contribution in [0.5, 0.6) is 0 Å². The maximum absolute atomic E-state index is 12.3. The number of amides is 1. The minimum Gasteiger partial charge on any atom is -0.480 e. The second kappa shape index (κ2) is 4.12. The van der Waals surface area contributed by atoms with Crippen LogP contribution in [0.1, 0.15) is 29.6 Å². The van der Waals surface area contributed by atoms with Gasteiger partial charge in [-0.05, 0) is 37.5 Å². The molecule has 0 atom stereocenters. The van der Waals surface area contributed by atoms with Crippen molar-refractivity contribution in [2.45, 2.75) is 24.8 Å². The molecule has 1 aliphatic rings. The van der Waals surface area contributed by atoms with E-state index in [1.54, 1.807) is 18.3 Å². The molecule has 0 spiro atoms. The fraction of sp³-hybridized carbons (Fsp3) is 0.286. The summed E-state index contributed by atoms with van der Waals surface area (Å²) < 4.78 is 0. The van der Waals surface area contributed by atoms with Crippen LogP contribution in [-0.4, -0.2) is 27.5 Å². The standard InChI is InChI=1S/C14H14N2O3/c17-12(16-14(13(18)19)6-2-7-14)10-3-1-4-11-9(10)5-8-15-11/h1,3-5,8,15H,2,6-7H2,(H,16,17)(H,18,19). The van der Waals surface area contributed by atoms with Gasteiger partial charge in [0.2, 0.25) is 0 Å². The van der Waals surface area contributed by atoms with Gasteiger partial charge in [-0.25, -0.2) is 4.79 Å². The van der Waals surface area contributed by atoms with E-state index in [1.807, 2.05) is 12.1 Å². The SMILES string of the molecule is O=C(NC1(C(=O)O)CCC1)c1cccc2[nH]ccc12. The van der Waals surface area contributed by atoms with Crippen LogP contribution in [0, 0.1) is 0 Å². The number of H-pyrrole nitrogens is 1. The first-order chi connectivity index (χ1) is 9.12. The molecular weight excluding hydrogens is 244 g/mol. The van der Waals surface area contributed by atoms with E-state index in [9.17, 15) is 14.7 Å². The molecule has 1 saturated carbocycles. The average molecular weight is 258 g/mol. The zero-order valence-electron chi connectivity index (χ0n) is 10.3. The highest BCUT2D eigenvalue weighted by molar-refractivity contribution is 6.07. The number of aromatic amines is 1. The summed E-state index contributed by atoms with van der Waals surface area (Å²) in [4.78, 5) is 26.6. The Bertz CT molecular complexity index is 656. The molecule has 1 aromatic heterocycles. The van der Waals surface area contributed by atoms with E-state index in [0.29, 0.717) is 18.4 Å². The Morgan fingerprint density at radius 3 is 2.68 bits per heavy atom. The molecule has 1 fully saturated rings. The number of carboxylic acids is 1. The molecule has 98 valence electrons. The Morgan fingerprint density at radius 2 is 2.05 bits per heavy atom. The van der Waals surface area contributed by atoms with E-state index in [-0.39, 0.29) is 5.91 Å². The summed E-state index contributed by atoms with van der Waals surface area (Å²) in [7, 11) is 0. The zero-order chi connectivity index (χ0) is 13.5. The summed E-state index contributed by atoms with van der Waals surface area (Å²) >= 11 is 0. The number of hydrogen-bond donors (Lipinski definition) is 3. The van der Waals surface area contributed by atoms with Gasteiger partial charge in [0.25, 0.3) is 5.91 Å². The van der Waals surface area contributed by atoms with Crippen LogP contribution in [0.3, 0.4) is 0 Å². The number of carbonyl (C=O) groups is 2. The molecule has 0 radical (unpaired) electrons. The summed E-state index contributed by atoms with van der Waals surface area (Å²) in [5, 5.41) is 12.7. The Labute approximate surface area is 109 Å². The molecule has 1 heterocycles. The van der Waals surface area contributed by atoms with Gasteiger partial charge in [0.15, 0.2) is 0 Å². The van der Waals surface area contributed by atoms with Crippen molar-refractivity contribution in [3.8, 4) is 0 Å². The summed E-state index contributed by atoms with van der Waals surface area (Å²) in [6.45, 7) is 0. The first-order valence-corrected chi connectivity index (χ1v) is 6.24. The lowest BCUT2D eigenvalue weighted by atomic mass is 9.76. The predicted molar refractivity (Wildman–Crippen MR) is 70.0 cm³/mol. The molecule has 1 aromatic carbocycles. The summed E-state index contributed by atoms with van der Waals surface area (Å²) in [6.07, 6.45) is 3.59. The summed E-state index contributed by atoms with van der Waals surface area (Å²) in [6, 6.07) is 7.18. The van der Waals surface area contributed by atoms with Crippen LogP contribution in [0.4, 0.5) is 0 Å². The van der Waals surface area contributed by atoms with Gasteiger partial charge in [-0.2, -0.15) is 0 Å². The largest absolute Gasteiger partial charge is 0.480 e. The third-order valence-corrected chi connectivity index (χ3v) is 3.81. The molecule has 1 aliphatic carbocycles. The Morgan fingerprint density at radius 1 is 1.26 bits per heavy atom. The average Bonchev–Trinajstić information content (AvgIpc) is 2.80. The number of rotatable bonds is 3. The van der Waals surface area contributed by atoms with Gasteiger partial charge in [0.05, 0.1) is 0 Å². The Kier molecular flexibility index (Phi) is 2.55. The van der Waals surface area contributed by atoms with E-state index < -0.39 is 11.5 Å². The maximum atomic E-state index is 12.3. The minimum absolute atomic E-state index is 0.327. The molecule has 5 nitrogen and oxygen atoms in total. The van der Waals surface area contributed by atoms with Crippen LogP contribution in [-0.2, 0) is 4.79 Å². The van der Waals surface area contributed by atoms with Crippen molar-refractivity contribution >= 4 is 22.8 Å². The first kappa shape index (κ1) is 11.8. The molecule has 0 unspecified atom stereocenters. The van der Waals surface area contributed by atoms with Gasteiger partial charge >= 0.3 is 5.97 Å². The van der Waals surface area contributed by atoms with Crippen LogP contribution in [0.25, 0.3) is 10.9 Å². The second-order valence-electron chi connectivity index (χ2n) is 4.94. The first-order valence-electron chi connectivity index (χ1n) is 6.24. The minimum atomic E-state index is -1.07. The quantitative estimate of drug-likeness (QED) is 0.786. The van der Waals surface area contributed by atoms with Crippen molar-refractivity contribution in [1.29, 1.82) is 0 Å². The molecular formula is C14H14N2O3. The topological polar surface area (TPSA) is 82.2 Å². The molecule has 0 bridgehead atoms. The van der Waals surface area contributed by atoms with Gasteiger partial charge < -0.3 is 15.4 Å². The van der Waals surface area contributed by atoms with Crippen LogP contribution >= 0.6 is 0 Å². The monoisotopic (exact) mass is 258 g/mol. The molecule has 3 N–H and O–H groups in total. The number of hydrogen-bond acceptors (Lipinski definition) is 2. The van der Waals surface area contributed by atoms with Crippen LogP contribution in [0.15, 0.2) is 30.5 Å². The van der Waals surface area contributed by atoms with E-state index >= 15 is 0 Å². The zero-order valence-corrected chi connectivity index (χ0v) is 10.3. The van der Waals surface area contributed by atoms with Gasteiger partial charge in [-0.3, -0.25) is 4.79 Å². The number of aromatic nitrogens is 1. The number of nitrogens with one attached hydrogen (secondary N) is 2. The Balaban J connectivity index is 1.92. The molecule has 0 saturated heterocycles. The predicted octanol–water partition coefficient (Wildman–Crippen LogP) is 1.90. The number of carbonyl (C=O) groups excluding carboxylic acids is 1. The van der Waals surface area contributed by atoms with Gasteiger partial charge in [-0.15, -0.1) is 0 Å². The fourth-order valence-corrected chi connectivity index (χ4v) is 2.49. The van der Waals surface area contributed by atoms with Crippen molar-refractivity contribution in [3.63, 3.8) is 0 Å². The number of aliphatic carboxylic acids is 1. The van der Waals surface area contributed by atoms with Crippen molar-refractivity contribution < 1.29 is 14.7 Å². The van der Waals surface area contributed by atoms with Crippen LogP contribution in [0.2, 0.25) is 0 Å². The highest BCUT2D eigenvalue weighted by Crippen LogP contribution is 2.32. The lowest BCUT2D eigenvalue weighted by molar-refractivity contribution is -0.148.